The summed E-state index contributed by atoms with van der Waals surface area (Å²) in [7, 11) is 0. The summed E-state index contributed by atoms with van der Waals surface area (Å²) in [5.74, 6) is 0. The molecule has 3 aromatic rings. The van der Waals surface area contributed by atoms with Crippen LogP contribution in [0, 0.1) is 18.3 Å². The maximum Gasteiger partial charge on any atom is 0.187 e. The molecule has 0 saturated carbocycles. The number of nitriles is 1. The average Bonchev–Trinajstić information content (AvgIpc) is 3.39. The number of hydrogen-bond acceptors (Lipinski definition) is 7. The first-order chi connectivity index (χ1) is 15.2. The summed E-state index contributed by atoms with van der Waals surface area (Å²) in [4.78, 5) is 11.6. The molecule has 4 rings (SSSR count). The van der Waals surface area contributed by atoms with Gasteiger partial charge in [0.1, 0.15) is 11.8 Å². The van der Waals surface area contributed by atoms with Gasteiger partial charge in [-0.25, -0.2) is 9.97 Å². The molecule has 1 fully saturated rings. The SMILES string of the molecule is CCCCn1cc(CN2CCCC[C@H]2c2csc(Nc3ccc(C#N)nc3)n2)c(C)n1. The van der Waals surface area contributed by atoms with Crippen molar-refractivity contribution in [3.05, 3.63) is 52.6 Å². The summed E-state index contributed by atoms with van der Waals surface area (Å²) in [6, 6.07) is 5.94. The van der Waals surface area contributed by atoms with Crippen LogP contribution >= 0.6 is 11.3 Å². The van der Waals surface area contributed by atoms with Gasteiger partial charge in [-0.05, 0) is 44.9 Å². The number of pyridine rings is 1. The third-order valence-electron chi connectivity index (χ3n) is 5.77. The molecule has 31 heavy (non-hydrogen) atoms. The second-order valence-electron chi connectivity index (χ2n) is 8.08. The van der Waals surface area contributed by atoms with Gasteiger partial charge < -0.3 is 5.32 Å². The van der Waals surface area contributed by atoms with E-state index in [4.69, 9.17) is 15.3 Å². The Hall–Kier alpha value is -2.76. The minimum absolute atomic E-state index is 0.332. The Balaban J connectivity index is 1.45. The van der Waals surface area contributed by atoms with Gasteiger partial charge in [-0.15, -0.1) is 11.3 Å². The second kappa shape index (κ2) is 10.0. The topological polar surface area (TPSA) is 82.7 Å². The third kappa shape index (κ3) is 5.30. The molecule has 162 valence electrons. The molecule has 0 unspecified atom stereocenters. The number of piperidine rings is 1. The van der Waals surface area contributed by atoms with Crippen LogP contribution in [0.2, 0.25) is 0 Å². The number of likely N-dealkylation sites (tertiary alicyclic amines) is 1. The third-order valence-corrected chi connectivity index (χ3v) is 6.54. The van der Waals surface area contributed by atoms with E-state index < -0.39 is 0 Å². The number of aromatic nitrogens is 4. The van der Waals surface area contributed by atoms with Gasteiger partial charge in [0.2, 0.25) is 0 Å². The van der Waals surface area contributed by atoms with Crippen LogP contribution in [0.25, 0.3) is 0 Å². The molecule has 0 bridgehead atoms. The minimum Gasteiger partial charge on any atom is -0.330 e. The maximum atomic E-state index is 8.90. The second-order valence-corrected chi connectivity index (χ2v) is 8.94. The van der Waals surface area contributed by atoms with E-state index in [1.165, 1.54) is 24.8 Å². The highest BCUT2D eigenvalue weighted by molar-refractivity contribution is 7.13. The average molecular weight is 436 g/mol. The molecule has 0 spiro atoms. The molecule has 1 N–H and O–H groups in total. The first-order valence-corrected chi connectivity index (χ1v) is 11.9. The van der Waals surface area contributed by atoms with E-state index in [0.717, 1.165) is 54.7 Å². The monoisotopic (exact) mass is 435 g/mol. The molecule has 7 nitrogen and oxygen atoms in total. The molecule has 1 aliphatic rings. The van der Waals surface area contributed by atoms with E-state index in [0.29, 0.717) is 11.7 Å². The quantitative estimate of drug-likeness (QED) is 0.524. The van der Waals surface area contributed by atoms with Crippen LogP contribution in [0.1, 0.15) is 67.7 Å². The first-order valence-electron chi connectivity index (χ1n) is 11.0. The van der Waals surface area contributed by atoms with Gasteiger partial charge in [0.05, 0.1) is 29.3 Å². The Morgan fingerprint density at radius 1 is 1.32 bits per heavy atom. The summed E-state index contributed by atoms with van der Waals surface area (Å²) < 4.78 is 2.10. The highest BCUT2D eigenvalue weighted by atomic mass is 32.1. The number of thiazole rings is 1. The molecule has 0 aromatic carbocycles. The lowest BCUT2D eigenvalue weighted by atomic mass is 9.99. The number of nitrogens with one attached hydrogen (secondary N) is 1. The Kier molecular flexibility index (Phi) is 6.95. The summed E-state index contributed by atoms with van der Waals surface area (Å²) in [5.41, 5.74) is 4.84. The first kappa shape index (κ1) is 21.5. The molecule has 0 aliphatic carbocycles. The van der Waals surface area contributed by atoms with Gasteiger partial charge in [0.15, 0.2) is 5.13 Å². The zero-order valence-corrected chi connectivity index (χ0v) is 19.0. The standard InChI is InChI=1S/C23H29N7S/c1-3-4-11-30-15-18(17(2)28-30)14-29-10-6-5-7-22(29)21-16-31-23(27-21)26-20-9-8-19(12-24)25-13-20/h8-9,13,15-16,22H,3-7,10-11,14H2,1-2H3,(H,26,27)/t22-/m0/s1. The van der Waals surface area contributed by atoms with Crippen molar-refractivity contribution in [3.8, 4) is 6.07 Å². The highest BCUT2D eigenvalue weighted by Gasteiger charge is 2.27. The van der Waals surface area contributed by atoms with Crippen molar-refractivity contribution < 1.29 is 0 Å². The predicted octanol–water partition coefficient (Wildman–Crippen LogP) is 5.19. The van der Waals surface area contributed by atoms with Gasteiger partial charge in [-0.2, -0.15) is 10.4 Å². The van der Waals surface area contributed by atoms with Crippen molar-refractivity contribution in [2.24, 2.45) is 0 Å². The maximum absolute atomic E-state index is 8.90. The van der Waals surface area contributed by atoms with E-state index in [1.54, 1.807) is 23.6 Å². The number of anilines is 2. The molecule has 4 heterocycles. The van der Waals surface area contributed by atoms with Crippen molar-refractivity contribution >= 4 is 22.2 Å². The lowest BCUT2D eigenvalue weighted by Gasteiger charge is -2.34. The van der Waals surface area contributed by atoms with Crippen LogP contribution in [-0.4, -0.2) is 31.2 Å². The van der Waals surface area contributed by atoms with Crippen LogP contribution in [0.5, 0.6) is 0 Å². The Labute approximate surface area is 187 Å². The molecular weight excluding hydrogens is 406 g/mol. The number of aryl methyl sites for hydroxylation is 2. The molecule has 0 amide bonds. The van der Waals surface area contributed by atoms with Gasteiger partial charge in [-0.3, -0.25) is 9.58 Å². The highest BCUT2D eigenvalue weighted by Crippen LogP contribution is 2.34. The zero-order valence-electron chi connectivity index (χ0n) is 18.2. The fraction of sp³-hybridized carbons (Fsp3) is 0.478. The minimum atomic E-state index is 0.332. The summed E-state index contributed by atoms with van der Waals surface area (Å²) >= 11 is 1.61. The van der Waals surface area contributed by atoms with Crippen LogP contribution < -0.4 is 5.32 Å². The molecule has 0 radical (unpaired) electrons. The number of nitrogens with zero attached hydrogens (tertiary/aromatic N) is 6. The van der Waals surface area contributed by atoms with Gasteiger partial charge in [0, 0.05) is 30.2 Å². The lowest BCUT2D eigenvalue weighted by molar-refractivity contribution is 0.137. The smallest absolute Gasteiger partial charge is 0.187 e. The normalized spacial score (nSPS) is 16.9. The van der Waals surface area contributed by atoms with Crippen LogP contribution in [0.15, 0.2) is 29.9 Å². The van der Waals surface area contributed by atoms with Gasteiger partial charge in [-0.1, -0.05) is 19.8 Å². The van der Waals surface area contributed by atoms with Crippen LogP contribution in [0.4, 0.5) is 10.8 Å². The zero-order chi connectivity index (χ0) is 21.6. The molecule has 1 atom stereocenters. The predicted molar refractivity (Wildman–Crippen MR) is 123 cm³/mol. The van der Waals surface area contributed by atoms with Gasteiger partial charge >= 0.3 is 0 Å². The van der Waals surface area contributed by atoms with Crippen molar-refractivity contribution in [3.63, 3.8) is 0 Å². The molecule has 3 aromatic heterocycles. The van der Waals surface area contributed by atoms with E-state index in [9.17, 15) is 0 Å². The fourth-order valence-electron chi connectivity index (χ4n) is 4.04. The Bertz CT molecular complexity index is 1030. The fourth-order valence-corrected chi connectivity index (χ4v) is 4.81. The van der Waals surface area contributed by atoms with Crippen molar-refractivity contribution in [1.29, 1.82) is 5.26 Å². The number of hydrogen-bond donors (Lipinski definition) is 1. The van der Waals surface area contributed by atoms with Crippen LogP contribution in [-0.2, 0) is 13.1 Å². The Morgan fingerprint density at radius 2 is 2.23 bits per heavy atom. The Morgan fingerprint density at radius 3 is 3.00 bits per heavy atom. The van der Waals surface area contributed by atoms with Crippen molar-refractivity contribution in [1.82, 2.24) is 24.6 Å². The van der Waals surface area contributed by atoms with E-state index in [2.05, 4.69) is 45.3 Å². The number of rotatable bonds is 8. The van der Waals surface area contributed by atoms with Gasteiger partial charge in [0.25, 0.3) is 0 Å². The number of unbranched alkanes of at least 4 members (excludes halogenated alkanes) is 1. The van der Waals surface area contributed by atoms with Crippen LogP contribution in [0.3, 0.4) is 0 Å². The van der Waals surface area contributed by atoms with E-state index in [1.807, 2.05) is 12.1 Å². The van der Waals surface area contributed by atoms with E-state index in [-0.39, 0.29) is 0 Å². The molecule has 8 heteroatoms. The molecule has 1 aliphatic heterocycles. The largest absolute Gasteiger partial charge is 0.330 e. The summed E-state index contributed by atoms with van der Waals surface area (Å²) in [5, 5.41) is 20.0. The summed E-state index contributed by atoms with van der Waals surface area (Å²) in [6.07, 6.45) is 9.83. The lowest BCUT2D eigenvalue weighted by Crippen LogP contribution is -2.33. The van der Waals surface area contributed by atoms with Crippen molar-refractivity contribution in [2.45, 2.75) is 65.1 Å². The molecule has 1 saturated heterocycles. The van der Waals surface area contributed by atoms with E-state index >= 15 is 0 Å². The van der Waals surface area contributed by atoms with Crippen molar-refractivity contribution in [2.75, 3.05) is 11.9 Å². The molecular formula is C23H29N7S. The summed E-state index contributed by atoms with van der Waals surface area (Å²) in [6.45, 7) is 7.33.